The van der Waals surface area contributed by atoms with Crippen LogP contribution in [0.4, 0.5) is 0 Å². The smallest absolute Gasteiger partial charge is 0.0928 e. The van der Waals surface area contributed by atoms with Crippen LogP contribution in [0.3, 0.4) is 0 Å². The summed E-state index contributed by atoms with van der Waals surface area (Å²) in [7, 11) is 2.01. The maximum Gasteiger partial charge on any atom is 0.0928 e. The summed E-state index contributed by atoms with van der Waals surface area (Å²) in [5.74, 6) is 0.593. The van der Waals surface area contributed by atoms with Crippen LogP contribution in [0.5, 0.6) is 0 Å². The SMILES string of the molecule is CNCC(Cc1cccc(Br)c1)Cc1nccs1. The molecule has 1 N–H and O–H groups in total. The summed E-state index contributed by atoms with van der Waals surface area (Å²) in [5.41, 5.74) is 1.38. The molecule has 0 saturated heterocycles. The van der Waals surface area contributed by atoms with Gasteiger partial charge in [0.15, 0.2) is 0 Å². The molecule has 0 radical (unpaired) electrons. The molecule has 2 aromatic rings. The van der Waals surface area contributed by atoms with Crippen LogP contribution in [-0.4, -0.2) is 18.6 Å². The highest BCUT2D eigenvalue weighted by atomic mass is 79.9. The number of nitrogens with zero attached hydrogens (tertiary/aromatic N) is 1. The van der Waals surface area contributed by atoms with Crippen LogP contribution in [0.2, 0.25) is 0 Å². The van der Waals surface area contributed by atoms with E-state index in [0.717, 1.165) is 23.9 Å². The van der Waals surface area contributed by atoms with Gasteiger partial charge in [0.05, 0.1) is 5.01 Å². The van der Waals surface area contributed by atoms with Crippen molar-refractivity contribution in [3.8, 4) is 0 Å². The molecule has 0 aliphatic carbocycles. The Morgan fingerprint density at radius 2 is 2.28 bits per heavy atom. The first-order chi connectivity index (χ1) is 8.78. The predicted molar refractivity (Wildman–Crippen MR) is 81.1 cm³/mol. The van der Waals surface area contributed by atoms with Gasteiger partial charge in [-0.1, -0.05) is 28.1 Å². The highest BCUT2D eigenvalue weighted by Gasteiger charge is 2.11. The van der Waals surface area contributed by atoms with E-state index in [1.807, 2.05) is 18.6 Å². The average Bonchev–Trinajstić information content (AvgIpc) is 2.82. The van der Waals surface area contributed by atoms with Crippen molar-refractivity contribution in [1.29, 1.82) is 0 Å². The number of aromatic nitrogens is 1. The van der Waals surface area contributed by atoms with Crippen molar-refractivity contribution in [2.75, 3.05) is 13.6 Å². The standard InChI is InChI=1S/C14H17BrN2S/c1-16-10-12(9-14-17-5-6-18-14)7-11-3-2-4-13(15)8-11/h2-6,8,12,16H,7,9-10H2,1H3. The molecule has 96 valence electrons. The van der Waals surface area contributed by atoms with Crippen LogP contribution < -0.4 is 5.32 Å². The third kappa shape index (κ3) is 4.19. The van der Waals surface area contributed by atoms with E-state index in [0.29, 0.717) is 5.92 Å². The van der Waals surface area contributed by atoms with Gasteiger partial charge in [0.2, 0.25) is 0 Å². The summed E-state index contributed by atoms with van der Waals surface area (Å²) in [6.07, 6.45) is 4.01. The van der Waals surface area contributed by atoms with E-state index in [-0.39, 0.29) is 0 Å². The lowest BCUT2D eigenvalue weighted by Gasteiger charge is -2.15. The van der Waals surface area contributed by atoms with E-state index < -0.39 is 0 Å². The molecular formula is C14H17BrN2S. The Kier molecular flexibility index (Phi) is 5.35. The quantitative estimate of drug-likeness (QED) is 0.879. The summed E-state index contributed by atoms with van der Waals surface area (Å²) in [4.78, 5) is 4.38. The molecule has 2 nitrogen and oxygen atoms in total. The molecule has 0 amide bonds. The number of halogens is 1. The van der Waals surface area contributed by atoms with Gasteiger partial charge < -0.3 is 5.32 Å². The minimum Gasteiger partial charge on any atom is -0.319 e. The molecule has 1 heterocycles. The lowest BCUT2D eigenvalue weighted by Crippen LogP contribution is -2.22. The van der Waals surface area contributed by atoms with Crippen LogP contribution >= 0.6 is 27.3 Å². The molecule has 0 saturated carbocycles. The van der Waals surface area contributed by atoms with Crippen molar-refractivity contribution in [2.45, 2.75) is 12.8 Å². The molecule has 0 bridgehead atoms. The molecule has 18 heavy (non-hydrogen) atoms. The monoisotopic (exact) mass is 324 g/mol. The molecule has 1 atom stereocenters. The Morgan fingerprint density at radius 1 is 1.39 bits per heavy atom. The van der Waals surface area contributed by atoms with E-state index in [1.165, 1.54) is 10.6 Å². The van der Waals surface area contributed by atoms with Gasteiger partial charge in [-0.3, -0.25) is 0 Å². The normalized spacial score (nSPS) is 12.6. The number of hydrogen-bond donors (Lipinski definition) is 1. The maximum absolute atomic E-state index is 4.38. The second kappa shape index (κ2) is 7.02. The first-order valence-corrected chi connectivity index (χ1v) is 7.72. The van der Waals surface area contributed by atoms with Gasteiger partial charge in [-0.05, 0) is 43.6 Å². The fourth-order valence-corrected chi connectivity index (χ4v) is 3.28. The lowest BCUT2D eigenvalue weighted by molar-refractivity contribution is 0.492. The van der Waals surface area contributed by atoms with Gasteiger partial charge in [-0.2, -0.15) is 0 Å². The molecule has 0 spiro atoms. The van der Waals surface area contributed by atoms with Gasteiger partial charge >= 0.3 is 0 Å². The Bertz CT molecular complexity index is 470. The molecular weight excluding hydrogens is 308 g/mol. The first kappa shape index (κ1) is 13.7. The lowest BCUT2D eigenvalue weighted by atomic mass is 9.96. The number of nitrogens with one attached hydrogen (secondary N) is 1. The van der Waals surface area contributed by atoms with Crippen LogP contribution in [-0.2, 0) is 12.8 Å². The third-order valence-corrected chi connectivity index (χ3v) is 4.15. The number of rotatable bonds is 6. The van der Waals surface area contributed by atoms with E-state index >= 15 is 0 Å². The van der Waals surface area contributed by atoms with Crippen molar-refractivity contribution in [2.24, 2.45) is 5.92 Å². The summed E-state index contributed by atoms with van der Waals surface area (Å²) in [6, 6.07) is 8.55. The number of benzene rings is 1. The molecule has 0 fully saturated rings. The topological polar surface area (TPSA) is 24.9 Å². The van der Waals surface area contributed by atoms with E-state index in [2.05, 4.69) is 50.5 Å². The first-order valence-electron chi connectivity index (χ1n) is 6.05. The van der Waals surface area contributed by atoms with Crippen LogP contribution in [0.25, 0.3) is 0 Å². The Balaban J connectivity index is 2.01. The molecule has 0 aliphatic rings. The zero-order valence-corrected chi connectivity index (χ0v) is 12.8. The molecule has 2 rings (SSSR count). The average molecular weight is 325 g/mol. The van der Waals surface area contributed by atoms with Crippen molar-refractivity contribution in [3.05, 3.63) is 50.9 Å². The Hall–Kier alpha value is -0.710. The molecule has 1 aromatic carbocycles. The van der Waals surface area contributed by atoms with Gasteiger partial charge in [0.25, 0.3) is 0 Å². The molecule has 0 aliphatic heterocycles. The molecule has 4 heteroatoms. The largest absolute Gasteiger partial charge is 0.319 e. The van der Waals surface area contributed by atoms with E-state index in [4.69, 9.17) is 0 Å². The van der Waals surface area contributed by atoms with Crippen LogP contribution in [0.1, 0.15) is 10.6 Å². The summed E-state index contributed by atoms with van der Waals surface area (Å²) < 4.78 is 1.15. The minimum atomic E-state index is 0.593. The zero-order valence-electron chi connectivity index (χ0n) is 10.4. The van der Waals surface area contributed by atoms with Crippen molar-refractivity contribution in [1.82, 2.24) is 10.3 Å². The van der Waals surface area contributed by atoms with Gasteiger partial charge in [0.1, 0.15) is 0 Å². The highest BCUT2D eigenvalue weighted by Crippen LogP contribution is 2.18. The minimum absolute atomic E-state index is 0.593. The Morgan fingerprint density at radius 3 is 2.94 bits per heavy atom. The summed E-state index contributed by atoms with van der Waals surface area (Å²) >= 11 is 5.27. The van der Waals surface area contributed by atoms with Gasteiger partial charge in [-0.15, -0.1) is 11.3 Å². The summed E-state index contributed by atoms with van der Waals surface area (Å²) in [6.45, 7) is 1.02. The van der Waals surface area contributed by atoms with Crippen molar-refractivity contribution in [3.63, 3.8) is 0 Å². The summed E-state index contributed by atoms with van der Waals surface area (Å²) in [5, 5.41) is 6.55. The fraction of sp³-hybridized carbons (Fsp3) is 0.357. The van der Waals surface area contributed by atoms with Crippen LogP contribution in [0, 0.1) is 5.92 Å². The zero-order chi connectivity index (χ0) is 12.8. The predicted octanol–water partition coefficient (Wildman–Crippen LogP) is 3.53. The van der Waals surface area contributed by atoms with E-state index in [9.17, 15) is 0 Å². The van der Waals surface area contributed by atoms with Crippen molar-refractivity contribution < 1.29 is 0 Å². The second-order valence-corrected chi connectivity index (χ2v) is 6.28. The highest BCUT2D eigenvalue weighted by molar-refractivity contribution is 9.10. The van der Waals surface area contributed by atoms with Crippen LogP contribution in [0.15, 0.2) is 40.3 Å². The third-order valence-electron chi connectivity index (χ3n) is 2.85. The number of thiazole rings is 1. The van der Waals surface area contributed by atoms with Crippen molar-refractivity contribution >= 4 is 27.3 Å². The molecule has 1 aromatic heterocycles. The Labute approximate surface area is 121 Å². The maximum atomic E-state index is 4.38. The van der Waals surface area contributed by atoms with Gasteiger partial charge in [0, 0.05) is 22.5 Å². The van der Waals surface area contributed by atoms with Gasteiger partial charge in [-0.25, -0.2) is 4.98 Å². The second-order valence-electron chi connectivity index (χ2n) is 4.39. The van der Waals surface area contributed by atoms with E-state index in [1.54, 1.807) is 11.3 Å². The fourth-order valence-electron chi connectivity index (χ4n) is 2.10. The molecule has 1 unspecified atom stereocenters. The number of hydrogen-bond acceptors (Lipinski definition) is 3.